The topological polar surface area (TPSA) is 62.7 Å². The molecule has 2 rings (SSSR count). The number of piperidine rings is 1. The minimum Gasteiger partial charge on any atom is -0.444 e. The second kappa shape index (κ2) is 6.05. The van der Waals surface area contributed by atoms with Crippen molar-refractivity contribution in [3.05, 3.63) is 28.5 Å². The Kier molecular flexibility index (Phi) is 4.68. The molecule has 1 aromatic heterocycles. The maximum Gasteiger partial charge on any atom is 0.410 e. The van der Waals surface area contributed by atoms with E-state index in [2.05, 4.69) is 4.98 Å². The average molecular weight is 327 g/mol. The maximum atomic E-state index is 12.2. The number of hydrogen-bond acceptors (Lipinski definition) is 4. The number of ether oxygens (including phenoxy) is 1. The van der Waals surface area contributed by atoms with Gasteiger partial charge in [0.15, 0.2) is 0 Å². The lowest BCUT2D eigenvalue weighted by atomic mass is 9.87. The van der Waals surface area contributed by atoms with Crippen molar-refractivity contribution in [2.24, 2.45) is 0 Å². The molecule has 0 radical (unpaired) electrons. The zero-order valence-electron chi connectivity index (χ0n) is 13.5. The molecule has 1 aromatic rings. The lowest BCUT2D eigenvalue weighted by molar-refractivity contribution is -0.0492. The molecule has 0 bridgehead atoms. The van der Waals surface area contributed by atoms with Gasteiger partial charge in [-0.05, 0) is 52.2 Å². The van der Waals surface area contributed by atoms with Crippen molar-refractivity contribution >= 4 is 17.7 Å². The molecule has 0 saturated carbocycles. The number of carbonyl (C=O) groups is 1. The van der Waals surface area contributed by atoms with Crippen LogP contribution in [0.3, 0.4) is 0 Å². The average Bonchev–Trinajstić information content (AvgIpc) is 2.36. The van der Waals surface area contributed by atoms with Crippen LogP contribution in [-0.2, 0) is 10.3 Å². The van der Waals surface area contributed by atoms with Crippen LogP contribution < -0.4 is 0 Å². The van der Waals surface area contributed by atoms with E-state index in [-0.39, 0.29) is 6.54 Å². The number of aliphatic hydroxyl groups is 1. The van der Waals surface area contributed by atoms with Gasteiger partial charge in [0.25, 0.3) is 0 Å². The first-order chi connectivity index (χ1) is 10.1. The van der Waals surface area contributed by atoms with Gasteiger partial charge in [-0.25, -0.2) is 4.79 Å². The van der Waals surface area contributed by atoms with E-state index in [1.54, 1.807) is 11.0 Å². The van der Waals surface area contributed by atoms with Crippen LogP contribution in [0, 0.1) is 6.92 Å². The molecule has 5 nitrogen and oxygen atoms in total. The SMILES string of the molecule is Cc1cc(Cl)cnc1C1(O)CCCN(C(=O)OC(C)(C)C)C1. The number of aromatic nitrogens is 1. The number of hydrogen-bond donors (Lipinski definition) is 1. The lowest BCUT2D eigenvalue weighted by Crippen LogP contribution is -2.50. The molecule has 22 heavy (non-hydrogen) atoms. The summed E-state index contributed by atoms with van der Waals surface area (Å²) >= 11 is 5.92. The first kappa shape index (κ1) is 17.0. The largest absolute Gasteiger partial charge is 0.444 e. The van der Waals surface area contributed by atoms with Crippen LogP contribution in [0.5, 0.6) is 0 Å². The van der Waals surface area contributed by atoms with Crippen LogP contribution in [0.2, 0.25) is 5.02 Å². The minimum atomic E-state index is -1.16. The molecule has 1 amide bonds. The first-order valence-corrected chi connectivity index (χ1v) is 7.81. The van der Waals surface area contributed by atoms with Crippen molar-refractivity contribution in [2.75, 3.05) is 13.1 Å². The van der Waals surface area contributed by atoms with Gasteiger partial charge in [-0.2, -0.15) is 0 Å². The number of aryl methyl sites for hydroxylation is 1. The first-order valence-electron chi connectivity index (χ1n) is 7.44. The van der Waals surface area contributed by atoms with E-state index >= 15 is 0 Å². The minimum absolute atomic E-state index is 0.178. The summed E-state index contributed by atoms with van der Waals surface area (Å²) in [7, 11) is 0. The van der Waals surface area contributed by atoms with E-state index in [9.17, 15) is 9.90 Å². The summed E-state index contributed by atoms with van der Waals surface area (Å²) in [5.74, 6) is 0. The third-order valence-electron chi connectivity index (χ3n) is 3.61. The van der Waals surface area contributed by atoms with Crippen LogP contribution in [-0.4, -0.2) is 39.8 Å². The summed E-state index contributed by atoms with van der Waals surface area (Å²) in [4.78, 5) is 18.0. The van der Waals surface area contributed by atoms with Gasteiger partial charge in [-0.15, -0.1) is 0 Å². The van der Waals surface area contributed by atoms with E-state index in [0.717, 1.165) is 5.56 Å². The standard InChI is InChI=1S/C16H23ClN2O3/c1-11-8-12(17)9-18-13(11)16(21)6-5-7-19(10-16)14(20)22-15(2,3)4/h8-9,21H,5-7,10H2,1-4H3. The van der Waals surface area contributed by atoms with Gasteiger partial charge >= 0.3 is 6.09 Å². The fraction of sp³-hybridized carbons (Fsp3) is 0.625. The Morgan fingerprint density at radius 3 is 2.77 bits per heavy atom. The highest BCUT2D eigenvalue weighted by molar-refractivity contribution is 6.30. The number of β-amino-alcohol motifs (C(OH)–C–C–N with tert-alkyl or cyclic N) is 1. The second-order valence-electron chi connectivity index (χ2n) is 6.86. The van der Waals surface area contributed by atoms with Crippen LogP contribution >= 0.6 is 11.6 Å². The van der Waals surface area contributed by atoms with E-state index in [4.69, 9.17) is 16.3 Å². The third-order valence-corrected chi connectivity index (χ3v) is 3.81. The van der Waals surface area contributed by atoms with Crippen molar-refractivity contribution in [1.82, 2.24) is 9.88 Å². The van der Waals surface area contributed by atoms with Crippen molar-refractivity contribution in [1.29, 1.82) is 0 Å². The maximum absolute atomic E-state index is 12.2. The molecule has 6 heteroatoms. The Hall–Kier alpha value is -1.33. The molecule has 0 aromatic carbocycles. The molecule has 1 saturated heterocycles. The smallest absolute Gasteiger partial charge is 0.410 e. The summed E-state index contributed by atoms with van der Waals surface area (Å²) in [5.41, 5.74) is -0.323. The normalized spacial score (nSPS) is 22.5. The van der Waals surface area contributed by atoms with Crippen molar-refractivity contribution < 1.29 is 14.6 Å². The molecule has 0 aliphatic carbocycles. The lowest BCUT2D eigenvalue weighted by Gasteiger charge is -2.39. The highest BCUT2D eigenvalue weighted by Crippen LogP contribution is 2.33. The number of nitrogens with zero attached hydrogens (tertiary/aromatic N) is 2. The van der Waals surface area contributed by atoms with Gasteiger partial charge in [0.05, 0.1) is 17.3 Å². The Bertz CT molecular complexity index is 571. The second-order valence-corrected chi connectivity index (χ2v) is 7.29. The summed E-state index contributed by atoms with van der Waals surface area (Å²) in [5, 5.41) is 11.5. The Balaban J connectivity index is 2.20. The van der Waals surface area contributed by atoms with Gasteiger partial charge in [-0.1, -0.05) is 11.6 Å². The van der Waals surface area contributed by atoms with Gasteiger partial charge in [0, 0.05) is 12.7 Å². The van der Waals surface area contributed by atoms with Crippen LogP contribution in [0.1, 0.15) is 44.9 Å². The fourth-order valence-electron chi connectivity index (χ4n) is 2.74. The summed E-state index contributed by atoms with van der Waals surface area (Å²) < 4.78 is 5.39. The molecule has 1 fully saturated rings. The van der Waals surface area contributed by atoms with Gasteiger partial charge < -0.3 is 14.7 Å². The molecule has 2 heterocycles. The quantitative estimate of drug-likeness (QED) is 0.860. The number of amides is 1. The van der Waals surface area contributed by atoms with Gasteiger partial charge in [-0.3, -0.25) is 4.98 Å². The highest BCUT2D eigenvalue weighted by atomic mass is 35.5. The van der Waals surface area contributed by atoms with Crippen LogP contribution in [0.15, 0.2) is 12.3 Å². The molecule has 1 N–H and O–H groups in total. The number of carbonyl (C=O) groups excluding carboxylic acids is 1. The van der Waals surface area contributed by atoms with E-state index in [1.807, 2.05) is 27.7 Å². The van der Waals surface area contributed by atoms with Gasteiger partial charge in [0.2, 0.25) is 0 Å². The van der Waals surface area contributed by atoms with Crippen molar-refractivity contribution in [3.63, 3.8) is 0 Å². The van der Waals surface area contributed by atoms with Crippen LogP contribution in [0.4, 0.5) is 4.79 Å². The fourth-order valence-corrected chi connectivity index (χ4v) is 2.95. The Morgan fingerprint density at radius 2 is 2.18 bits per heavy atom. The zero-order chi connectivity index (χ0) is 16.5. The summed E-state index contributed by atoms with van der Waals surface area (Å²) in [6, 6.07) is 1.77. The summed E-state index contributed by atoms with van der Waals surface area (Å²) in [6.45, 7) is 8.09. The molecule has 1 unspecified atom stereocenters. The van der Waals surface area contributed by atoms with Crippen molar-refractivity contribution in [3.8, 4) is 0 Å². The number of likely N-dealkylation sites (tertiary alicyclic amines) is 1. The molecular weight excluding hydrogens is 304 g/mol. The monoisotopic (exact) mass is 326 g/mol. The molecule has 1 aliphatic rings. The molecule has 1 atom stereocenters. The van der Waals surface area contributed by atoms with Crippen molar-refractivity contribution in [2.45, 2.75) is 51.7 Å². The predicted octanol–water partition coefficient (Wildman–Crippen LogP) is 3.26. The molecule has 0 spiro atoms. The van der Waals surface area contributed by atoms with E-state index in [1.165, 1.54) is 6.20 Å². The molecule has 1 aliphatic heterocycles. The number of pyridine rings is 1. The zero-order valence-corrected chi connectivity index (χ0v) is 14.3. The molecular formula is C16H23ClN2O3. The van der Waals surface area contributed by atoms with E-state index < -0.39 is 17.3 Å². The Morgan fingerprint density at radius 1 is 1.50 bits per heavy atom. The highest BCUT2D eigenvalue weighted by Gasteiger charge is 2.40. The summed E-state index contributed by atoms with van der Waals surface area (Å²) in [6.07, 6.45) is 2.37. The number of halogens is 1. The molecule has 122 valence electrons. The van der Waals surface area contributed by atoms with E-state index in [0.29, 0.717) is 30.1 Å². The number of rotatable bonds is 1. The Labute approximate surface area is 136 Å². The third kappa shape index (κ3) is 3.90. The predicted molar refractivity (Wildman–Crippen MR) is 84.9 cm³/mol. The van der Waals surface area contributed by atoms with Crippen LogP contribution in [0.25, 0.3) is 0 Å². The van der Waals surface area contributed by atoms with Gasteiger partial charge in [0.1, 0.15) is 11.2 Å².